The Bertz CT molecular complexity index is 400. The average Bonchev–Trinajstić information content (AvgIpc) is 2.27. The number of para-hydroxylation sites is 1. The maximum atomic E-state index is 13.8. The molecule has 0 atom stereocenters. The Labute approximate surface area is 114 Å². The first kappa shape index (κ1) is 15.9. The summed E-state index contributed by atoms with van der Waals surface area (Å²) in [6.45, 7) is 8.34. The monoisotopic (exact) mass is 269 g/mol. The fourth-order valence-electron chi connectivity index (χ4n) is 1.57. The molecule has 0 radical (unpaired) electrons. The number of aliphatic hydroxyl groups is 1. The number of benzene rings is 1. The van der Waals surface area contributed by atoms with Crippen LogP contribution in [0.3, 0.4) is 0 Å². The van der Waals surface area contributed by atoms with Crippen LogP contribution in [0.1, 0.15) is 39.7 Å². The van der Waals surface area contributed by atoms with Gasteiger partial charge in [0.25, 0.3) is 0 Å². The van der Waals surface area contributed by atoms with E-state index in [0.29, 0.717) is 25.6 Å². The van der Waals surface area contributed by atoms with Crippen molar-refractivity contribution in [1.29, 1.82) is 0 Å². The van der Waals surface area contributed by atoms with Crippen LogP contribution in [0.2, 0.25) is 0 Å². The van der Waals surface area contributed by atoms with Crippen molar-refractivity contribution in [2.75, 3.05) is 6.61 Å². The number of halogens is 1. The van der Waals surface area contributed by atoms with Gasteiger partial charge in [-0.2, -0.15) is 0 Å². The molecule has 1 aromatic rings. The zero-order valence-electron chi connectivity index (χ0n) is 12.2. The highest BCUT2D eigenvalue weighted by atomic mass is 19.1. The number of hydrogen-bond donors (Lipinski definition) is 2. The Morgan fingerprint density at radius 1 is 1.37 bits per heavy atom. The van der Waals surface area contributed by atoms with Gasteiger partial charge in [-0.1, -0.05) is 26.0 Å². The summed E-state index contributed by atoms with van der Waals surface area (Å²) in [4.78, 5) is 0. The van der Waals surface area contributed by atoms with Crippen LogP contribution >= 0.6 is 0 Å². The summed E-state index contributed by atoms with van der Waals surface area (Å²) in [6, 6.07) is 5.23. The van der Waals surface area contributed by atoms with Gasteiger partial charge in [0.15, 0.2) is 11.6 Å². The number of rotatable bonds is 7. The van der Waals surface area contributed by atoms with Gasteiger partial charge in [0, 0.05) is 24.6 Å². The first-order chi connectivity index (χ1) is 8.79. The first-order valence-corrected chi connectivity index (χ1v) is 6.65. The summed E-state index contributed by atoms with van der Waals surface area (Å²) >= 11 is 0. The second-order valence-corrected chi connectivity index (χ2v) is 5.67. The third-order valence-electron chi connectivity index (χ3n) is 2.71. The van der Waals surface area contributed by atoms with Gasteiger partial charge in [0.2, 0.25) is 0 Å². The smallest absolute Gasteiger partial charge is 0.165 e. The topological polar surface area (TPSA) is 41.5 Å². The van der Waals surface area contributed by atoms with E-state index >= 15 is 0 Å². The molecule has 1 rings (SSSR count). The van der Waals surface area contributed by atoms with E-state index in [0.717, 1.165) is 5.56 Å². The van der Waals surface area contributed by atoms with E-state index in [4.69, 9.17) is 4.74 Å². The minimum Gasteiger partial charge on any atom is -0.490 e. The second kappa shape index (κ2) is 6.87. The molecule has 0 saturated carbocycles. The average molecular weight is 269 g/mol. The Kier molecular flexibility index (Phi) is 5.76. The molecule has 0 unspecified atom stereocenters. The maximum absolute atomic E-state index is 13.8. The lowest BCUT2D eigenvalue weighted by atomic mass is 10.1. The fourth-order valence-corrected chi connectivity index (χ4v) is 1.57. The van der Waals surface area contributed by atoms with Crippen molar-refractivity contribution in [2.45, 2.75) is 52.3 Å². The molecule has 2 N–H and O–H groups in total. The zero-order chi connectivity index (χ0) is 14.5. The van der Waals surface area contributed by atoms with Crippen LogP contribution in [-0.2, 0) is 6.54 Å². The Morgan fingerprint density at radius 3 is 2.63 bits per heavy atom. The van der Waals surface area contributed by atoms with Gasteiger partial charge in [-0.15, -0.1) is 0 Å². The lowest BCUT2D eigenvalue weighted by molar-refractivity contribution is 0.0545. The van der Waals surface area contributed by atoms with E-state index in [-0.39, 0.29) is 11.6 Å². The SMILES string of the molecule is CC(C)NCc1cccc(F)c1OCCC(C)(C)O. The highest BCUT2D eigenvalue weighted by Gasteiger charge is 2.15. The summed E-state index contributed by atoms with van der Waals surface area (Å²) in [5, 5.41) is 12.9. The molecule has 4 heteroatoms. The van der Waals surface area contributed by atoms with Crippen molar-refractivity contribution in [3.63, 3.8) is 0 Å². The van der Waals surface area contributed by atoms with Crippen LogP contribution in [0.5, 0.6) is 5.75 Å². The largest absolute Gasteiger partial charge is 0.490 e. The van der Waals surface area contributed by atoms with Gasteiger partial charge in [-0.05, 0) is 19.9 Å². The molecule has 0 aromatic heterocycles. The molecule has 0 fully saturated rings. The van der Waals surface area contributed by atoms with Gasteiger partial charge >= 0.3 is 0 Å². The summed E-state index contributed by atoms with van der Waals surface area (Å²) in [5.74, 6) is -0.0845. The molecule has 0 aliphatic heterocycles. The molecule has 108 valence electrons. The molecule has 0 bridgehead atoms. The first-order valence-electron chi connectivity index (χ1n) is 6.65. The minimum atomic E-state index is -0.804. The van der Waals surface area contributed by atoms with Crippen LogP contribution < -0.4 is 10.1 Å². The molecule has 0 aliphatic rings. The molecular weight excluding hydrogens is 245 g/mol. The van der Waals surface area contributed by atoms with Crippen molar-refractivity contribution in [1.82, 2.24) is 5.32 Å². The number of nitrogens with one attached hydrogen (secondary N) is 1. The highest BCUT2D eigenvalue weighted by Crippen LogP contribution is 2.23. The van der Waals surface area contributed by atoms with Gasteiger partial charge in [0.05, 0.1) is 12.2 Å². The second-order valence-electron chi connectivity index (χ2n) is 5.67. The van der Waals surface area contributed by atoms with Crippen LogP contribution in [-0.4, -0.2) is 23.4 Å². The Hall–Kier alpha value is -1.13. The normalized spacial score (nSPS) is 11.9. The van der Waals surface area contributed by atoms with Crippen molar-refractivity contribution < 1.29 is 14.2 Å². The van der Waals surface area contributed by atoms with Crippen LogP contribution in [0.25, 0.3) is 0 Å². The fraction of sp³-hybridized carbons (Fsp3) is 0.600. The molecule has 0 spiro atoms. The van der Waals surface area contributed by atoms with E-state index in [1.165, 1.54) is 6.07 Å². The quantitative estimate of drug-likeness (QED) is 0.799. The zero-order valence-corrected chi connectivity index (χ0v) is 12.2. The molecule has 0 saturated heterocycles. The summed E-state index contributed by atoms with van der Waals surface area (Å²) in [5.41, 5.74) is -0.00818. The van der Waals surface area contributed by atoms with Gasteiger partial charge in [-0.3, -0.25) is 0 Å². The van der Waals surface area contributed by atoms with Crippen LogP contribution in [0.4, 0.5) is 4.39 Å². The highest BCUT2D eigenvalue weighted by molar-refractivity contribution is 5.34. The van der Waals surface area contributed by atoms with Crippen molar-refractivity contribution >= 4 is 0 Å². The predicted molar refractivity (Wildman–Crippen MR) is 74.8 cm³/mol. The van der Waals surface area contributed by atoms with E-state index in [1.807, 2.05) is 19.9 Å². The third kappa shape index (κ3) is 6.03. The maximum Gasteiger partial charge on any atom is 0.165 e. The van der Waals surface area contributed by atoms with E-state index in [2.05, 4.69) is 5.32 Å². The van der Waals surface area contributed by atoms with E-state index in [1.54, 1.807) is 19.9 Å². The molecule has 0 amide bonds. The summed E-state index contributed by atoms with van der Waals surface area (Å²) in [6.07, 6.45) is 0.457. The lowest BCUT2D eigenvalue weighted by Gasteiger charge is -2.19. The van der Waals surface area contributed by atoms with Gasteiger partial charge in [-0.25, -0.2) is 4.39 Å². The molecule has 0 heterocycles. The van der Waals surface area contributed by atoms with Crippen LogP contribution in [0.15, 0.2) is 18.2 Å². The molecule has 3 nitrogen and oxygen atoms in total. The summed E-state index contributed by atoms with van der Waals surface area (Å²) < 4.78 is 19.3. The van der Waals surface area contributed by atoms with Crippen molar-refractivity contribution in [3.8, 4) is 5.75 Å². The van der Waals surface area contributed by atoms with Gasteiger partial charge < -0.3 is 15.2 Å². The molecule has 0 aliphatic carbocycles. The van der Waals surface area contributed by atoms with E-state index in [9.17, 15) is 9.50 Å². The third-order valence-corrected chi connectivity index (χ3v) is 2.71. The van der Waals surface area contributed by atoms with Crippen LogP contribution in [0, 0.1) is 5.82 Å². The lowest BCUT2D eigenvalue weighted by Crippen LogP contribution is -2.24. The molecule has 19 heavy (non-hydrogen) atoms. The minimum absolute atomic E-state index is 0.278. The van der Waals surface area contributed by atoms with E-state index < -0.39 is 5.60 Å². The Balaban J connectivity index is 2.69. The summed E-state index contributed by atoms with van der Waals surface area (Å²) in [7, 11) is 0. The predicted octanol–water partition coefficient (Wildman–Crippen LogP) is 2.86. The Morgan fingerprint density at radius 2 is 2.05 bits per heavy atom. The number of hydrogen-bond acceptors (Lipinski definition) is 3. The van der Waals surface area contributed by atoms with Crippen molar-refractivity contribution in [3.05, 3.63) is 29.6 Å². The van der Waals surface area contributed by atoms with Gasteiger partial charge in [0.1, 0.15) is 0 Å². The number of ether oxygens (including phenoxy) is 1. The molecule has 1 aromatic carbocycles. The standard InChI is InChI=1S/C15H24FNO2/c1-11(2)17-10-12-6-5-7-13(16)14(12)19-9-8-15(3,4)18/h5-7,11,17-18H,8-10H2,1-4H3. The van der Waals surface area contributed by atoms with Crippen molar-refractivity contribution in [2.24, 2.45) is 0 Å². The molecular formula is C15H24FNO2.